The fourth-order valence-electron chi connectivity index (χ4n) is 2.11. The minimum absolute atomic E-state index is 0.599. The molecule has 0 bridgehead atoms. The predicted octanol–water partition coefficient (Wildman–Crippen LogP) is 5.02. The molecule has 3 aromatic carbocycles. The van der Waals surface area contributed by atoms with E-state index in [9.17, 15) is 0 Å². The Balaban J connectivity index is 1.84. The van der Waals surface area contributed by atoms with E-state index in [0.717, 1.165) is 5.75 Å². The van der Waals surface area contributed by atoms with Gasteiger partial charge in [-0.2, -0.15) is 0 Å². The molecule has 0 aliphatic rings. The molecule has 0 N–H and O–H groups in total. The maximum absolute atomic E-state index is 5.85. The van der Waals surface area contributed by atoms with Gasteiger partial charge >= 0.3 is 0 Å². The Morgan fingerprint density at radius 1 is 0.789 bits per heavy atom. The van der Waals surface area contributed by atoms with Crippen LogP contribution in [0.5, 0.6) is 5.75 Å². The summed E-state index contributed by atoms with van der Waals surface area (Å²) in [5.41, 5.74) is 1.22. The molecular formula is C17H13IO. The van der Waals surface area contributed by atoms with Gasteiger partial charge in [0.25, 0.3) is 0 Å². The first kappa shape index (κ1) is 12.5. The number of fused-ring (bicyclic) bond motifs is 1. The van der Waals surface area contributed by atoms with Crippen molar-refractivity contribution < 1.29 is 4.74 Å². The van der Waals surface area contributed by atoms with Gasteiger partial charge in [0.2, 0.25) is 0 Å². The summed E-state index contributed by atoms with van der Waals surface area (Å²) in [5.74, 6) is 0.911. The molecule has 0 aromatic heterocycles. The van der Waals surface area contributed by atoms with Gasteiger partial charge in [0.1, 0.15) is 12.4 Å². The van der Waals surface area contributed by atoms with Crippen molar-refractivity contribution in [2.24, 2.45) is 0 Å². The molecule has 0 unspecified atom stereocenters. The second kappa shape index (κ2) is 5.61. The van der Waals surface area contributed by atoms with E-state index in [4.69, 9.17) is 4.74 Å². The van der Waals surface area contributed by atoms with Crippen LogP contribution in [0.15, 0.2) is 66.7 Å². The van der Waals surface area contributed by atoms with Crippen molar-refractivity contribution in [3.8, 4) is 5.75 Å². The molecule has 0 aliphatic carbocycles. The summed E-state index contributed by atoms with van der Waals surface area (Å²) in [6.07, 6.45) is 0. The number of hydrogen-bond donors (Lipinski definition) is 0. The zero-order valence-electron chi connectivity index (χ0n) is 10.3. The highest BCUT2D eigenvalue weighted by molar-refractivity contribution is 14.1. The second-order valence-electron chi connectivity index (χ2n) is 4.38. The number of ether oxygens (including phenoxy) is 1. The SMILES string of the molecule is Ic1ccc(OCc2cccc3ccccc23)cc1. The molecule has 0 saturated carbocycles. The average Bonchev–Trinajstić information content (AvgIpc) is 2.47. The molecule has 3 aromatic rings. The molecule has 19 heavy (non-hydrogen) atoms. The standard InChI is InChI=1S/C17H13IO/c18-15-8-10-16(11-9-15)19-12-14-6-3-5-13-4-1-2-7-17(13)14/h1-11H,12H2. The Morgan fingerprint density at radius 3 is 2.37 bits per heavy atom. The smallest absolute Gasteiger partial charge is 0.119 e. The van der Waals surface area contributed by atoms with E-state index in [1.54, 1.807) is 0 Å². The molecule has 0 saturated heterocycles. The van der Waals surface area contributed by atoms with Crippen molar-refractivity contribution in [2.45, 2.75) is 6.61 Å². The van der Waals surface area contributed by atoms with E-state index in [1.165, 1.54) is 19.9 Å². The van der Waals surface area contributed by atoms with Crippen LogP contribution in [0.4, 0.5) is 0 Å². The highest BCUT2D eigenvalue weighted by Crippen LogP contribution is 2.21. The molecule has 2 heteroatoms. The van der Waals surface area contributed by atoms with E-state index in [1.807, 2.05) is 12.1 Å². The molecule has 94 valence electrons. The van der Waals surface area contributed by atoms with Crippen molar-refractivity contribution in [1.29, 1.82) is 0 Å². The quantitative estimate of drug-likeness (QED) is 0.596. The second-order valence-corrected chi connectivity index (χ2v) is 5.63. The third-order valence-electron chi connectivity index (χ3n) is 3.09. The predicted molar refractivity (Wildman–Crippen MR) is 87.4 cm³/mol. The fourth-order valence-corrected chi connectivity index (χ4v) is 2.47. The monoisotopic (exact) mass is 360 g/mol. The van der Waals surface area contributed by atoms with Crippen LogP contribution in [-0.2, 0) is 6.61 Å². The van der Waals surface area contributed by atoms with E-state index in [0.29, 0.717) is 6.61 Å². The van der Waals surface area contributed by atoms with E-state index < -0.39 is 0 Å². The maximum atomic E-state index is 5.85. The normalized spacial score (nSPS) is 10.6. The van der Waals surface area contributed by atoms with Gasteiger partial charge in [-0.15, -0.1) is 0 Å². The van der Waals surface area contributed by atoms with Gasteiger partial charge in [-0.05, 0) is 63.2 Å². The topological polar surface area (TPSA) is 9.23 Å². The van der Waals surface area contributed by atoms with Crippen molar-refractivity contribution >= 4 is 33.4 Å². The third-order valence-corrected chi connectivity index (χ3v) is 3.81. The molecule has 0 radical (unpaired) electrons. The lowest BCUT2D eigenvalue weighted by Crippen LogP contribution is -1.96. The largest absolute Gasteiger partial charge is 0.489 e. The highest BCUT2D eigenvalue weighted by atomic mass is 127. The molecule has 0 amide bonds. The Morgan fingerprint density at radius 2 is 1.53 bits per heavy atom. The van der Waals surface area contributed by atoms with E-state index in [2.05, 4.69) is 77.2 Å². The Kier molecular flexibility index (Phi) is 3.69. The number of hydrogen-bond acceptors (Lipinski definition) is 1. The van der Waals surface area contributed by atoms with Gasteiger partial charge in [0.15, 0.2) is 0 Å². The van der Waals surface area contributed by atoms with Crippen LogP contribution in [-0.4, -0.2) is 0 Å². The fraction of sp³-hybridized carbons (Fsp3) is 0.0588. The van der Waals surface area contributed by atoms with Gasteiger partial charge in [-0.25, -0.2) is 0 Å². The number of rotatable bonds is 3. The minimum atomic E-state index is 0.599. The van der Waals surface area contributed by atoms with Crippen LogP contribution in [0.1, 0.15) is 5.56 Å². The minimum Gasteiger partial charge on any atom is -0.489 e. The lowest BCUT2D eigenvalue weighted by Gasteiger charge is -2.09. The Bertz CT molecular complexity index is 684. The molecule has 0 aliphatic heterocycles. The zero-order chi connectivity index (χ0) is 13.1. The summed E-state index contributed by atoms with van der Waals surface area (Å²) in [7, 11) is 0. The van der Waals surface area contributed by atoms with Crippen LogP contribution >= 0.6 is 22.6 Å². The molecule has 0 heterocycles. The number of benzene rings is 3. The summed E-state index contributed by atoms with van der Waals surface area (Å²) in [6.45, 7) is 0.599. The molecular weight excluding hydrogens is 347 g/mol. The van der Waals surface area contributed by atoms with Gasteiger partial charge in [0.05, 0.1) is 0 Å². The highest BCUT2D eigenvalue weighted by Gasteiger charge is 2.01. The van der Waals surface area contributed by atoms with Crippen LogP contribution < -0.4 is 4.74 Å². The first-order chi connectivity index (χ1) is 9.33. The molecule has 1 nitrogen and oxygen atoms in total. The summed E-state index contributed by atoms with van der Waals surface area (Å²) < 4.78 is 7.07. The third kappa shape index (κ3) is 2.89. The summed E-state index contributed by atoms with van der Waals surface area (Å²) >= 11 is 2.29. The lowest BCUT2D eigenvalue weighted by atomic mass is 10.1. The molecule has 0 atom stereocenters. The number of halogens is 1. The van der Waals surface area contributed by atoms with E-state index in [-0.39, 0.29) is 0 Å². The van der Waals surface area contributed by atoms with Gasteiger partial charge < -0.3 is 4.74 Å². The Hall–Kier alpha value is -1.55. The van der Waals surface area contributed by atoms with Crippen molar-refractivity contribution in [2.75, 3.05) is 0 Å². The zero-order valence-corrected chi connectivity index (χ0v) is 12.5. The lowest BCUT2D eigenvalue weighted by molar-refractivity contribution is 0.307. The van der Waals surface area contributed by atoms with Crippen LogP contribution in [0.3, 0.4) is 0 Å². The molecule has 3 rings (SSSR count). The van der Waals surface area contributed by atoms with Crippen molar-refractivity contribution in [3.63, 3.8) is 0 Å². The van der Waals surface area contributed by atoms with Crippen LogP contribution in [0, 0.1) is 3.57 Å². The van der Waals surface area contributed by atoms with Gasteiger partial charge in [-0.3, -0.25) is 0 Å². The van der Waals surface area contributed by atoms with Crippen molar-refractivity contribution in [1.82, 2.24) is 0 Å². The summed E-state index contributed by atoms with van der Waals surface area (Å²) in [5, 5.41) is 2.52. The van der Waals surface area contributed by atoms with Crippen LogP contribution in [0.2, 0.25) is 0 Å². The van der Waals surface area contributed by atoms with E-state index >= 15 is 0 Å². The summed E-state index contributed by atoms with van der Waals surface area (Å²) in [6, 6.07) is 22.8. The molecule has 0 fully saturated rings. The summed E-state index contributed by atoms with van der Waals surface area (Å²) in [4.78, 5) is 0. The first-order valence-corrected chi connectivity index (χ1v) is 7.26. The first-order valence-electron chi connectivity index (χ1n) is 6.18. The average molecular weight is 360 g/mol. The maximum Gasteiger partial charge on any atom is 0.119 e. The Labute approximate surface area is 126 Å². The van der Waals surface area contributed by atoms with Gasteiger partial charge in [-0.1, -0.05) is 42.5 Å². The van der Waals surface area contributed by atoms with Crippen LogP contribution in [0.25, 0.3) is 10.8 Å². The van der Waals surface area contributed by atoms with Crippen molar-refractivity contribution in [3.05, 3.63) is 75.9 Å². The molecule has 0 spiro atoms. The van der Waals surface area contributed by atoms with Gasteiger partial charge in [0, 0.05) is 3.57 Å².